The number of aliphatic hydroxyl groups is 1. The molecule has 2 aromatic heterocycles. The van der Waals surface area contributed by atoms with E-state index < -0.39 is 0 Å². The Morgan fingerprint density at radius 2 is 1.88 bits per heavy atom. The van der Waals surface area contributed by atoms with Crippen LogP contribution in [0.25, 0.3) is 16.8 Å². The number of hydrogen-bond donors (Lipinski definition) is 2. The lowest BCUT2D eigenvalue weighted by Gasteiger charge is -2.18. The number of aryl methyl sites for hydroxylation is 1. The normalized spacial score (nSPS) is 14.3. The summed E-state index contributed by atoms with van der Waals surface area (Å²) >= 11 is 1.52. The molecule has 2 N–H and O–H groups in total. The lowest BCUT2D eigenvalue weighted by molar-refractivity contribution is 0.347. The number of nitrogens with one attached hydrogen (secondary N) is 1. The van der Waals surface area contributed by atoms with Crippen LogP contribution in [0.3, 0.4) is 0 Å². The van der Waals surface area contributed by atoms with Gasteiger partial charge in [-0.3, -0.25) is 10.4 Å². The maximum Gasteiger partial charge on any atom is 0.135 e. The van der Waals surface area contributed by atoms with E-state index in [2.05, 4.69) is 4.98 Å². The zero-order valence-electron chi connectivity index (χ0n) is 14.3. The standard InChI is InChI=1S/C20H18N4OS/c1-13-18(15-5-3-2-4-6-15)23-20(26-13)17-16(25)12-24(19(17)21)11-14-7-9-22-10-8-14/h2-10,21,25H,11-12H2,1H3. The van der Waals surface area contributed by atoms with Gasteiger partial charge in [-0.25, -0.2) is 4.98 Å². The molecule has 0 spiro atoms. The third kappa shape index (κ3) is 2.99. The molecule has 1 aromatic carbocycles. The van der Waals surface area contributed by atoms with Gasteiger partial charge in [0.05, 0.1) is 17.8 Å². The summed E-state index contributed by atoms with van der Waals surface area (Å²) in [5, 5.41) is 19.7. The maximum absolute atomic E-state index is 10.5. The lowest BCUT2D eigenvalue weighted by Crippen LogP contribution is -2.26. The summed E-state index contributed by atoms with van der Waals surface area (Å²) < 4.78 is 0. The van der Waals surface area contributed by atoms with Crippen LogP contribution in [0.4, 0.5) is 0 Å². The molecule has 1 aliphatic rings. The minimum Gasteiger partial charge on any atom is -0.510 e. The monoisotopic (exact) mass is 362 g/mol. The van der Waals surface area contributed by atoms with E-state index in [1.54, 1.807) is 12.4 Å². The second-order valence-corrected chi connectivity index (χ2v) is 7.37. The van der Waals surface area contributed by atoms with E-state index in [0.717, 1.165) is 21.7 Å². The zero-order valence-corrected chi connectivity index (χ0v) is 15.1. The molecule has 5 nitrogen and oxygen atoms in total. The summed E-state index contributed by atoms with van der Waals surface area (Å²) in [7, 11) is 0. The quantitative estimate of drug-likeness (QED) is 0.727. The molecule has 1 aliphatic heterocycles. The first-order valence-electron chi connectivity index (χ1n) is 8.31. The van der Waals surface area contributed by atoms with Crippen molar-refractivity contribution in [3.8, 4) is 11.3 Å². The second kappa shape index (κ2) is 6.72. The van der Waals surface area contributed by atoms with Crippen molar-refractivity contribution in [1.29, 1.82) is 5.41 Å². The van der Waals surface area contributed by atoms with Crippen molar-refractivity contribution >= 4 is 22.7 Å². The molecule has 130 valence electrons. The molecule has 0 bridgehead atoms. The van der Waals surface area contributed by atoms with Crippen LogP contribution in [0, 0.1) is 12.3 Å². The Morgan fingerprint density at radius 1 is 1.15 bits per heavy atom. The fraction of sp³-hybridized carbons (Fsp3) is 0.150. The number of hydrogen-bond acceptors (Lipinski definition) is 5. The Kier molecular flexibility index (Phi) is 4.26. The fourth-order valence-electron chi connectivity index (χ4n) is 3.07. The molecule has 3 heterocycles. The number of benzene rings is 1. The van der Waals surface area contributed by atoms with E-state index in [1.807, 2.05) is 54.3 Å². The lowest BCUT2D eigenvalue weighted by atomic mass is 10.1. The molecule has 0 saturated heterocycles. The average molecular weight is 362 g/mol. The molecule has 0 atom stereocenters. The van der Waals surface area contributed by atoms with E-state index in [-0.39, 0.29) is 5.76 Å². The Balaban J connectivity index is 1.62. The predicted molar refractivity (Wildman–Crippen MR) is 104 cm³/mol. The van der Waals surface area contributed by atoms with Crippen LogP contribution in [0.5, 0.6) is 0 Å². The molecule has 3 aromatic rings. The maximum atomic E-state index is 10.5. The van der Waals surface area contributed by atoms with Gasteiger partial charge in [0, 0.05) is 29.4 Å². The van der Waals surface area contributed by atoms with Gasteiger partial charge in [-0.15, -0.1) is 11.3 Å². The molecule has 4 rings (SSSR count). The SMILES string of the molecule is Cc1sc(C2=C(O)CN(Cc3ccncc3)C2=N)nc1-c1ccccc1. The van der Waals surface area contributed by atoms with E-state index in [9.17, 15) is 5.11 Å². The van der Waals surface area contributed by atoms with Crippen molar-refractivity contribution in [3.05, 3.63) is 76.1 Å². The Labute approximate surface area is 155 Å². The summed E-state index contributed by atoms with van der Waals surface area (Å²) in [5.74, 6) is 0.519. The molecule has 0 aliphatic carbocycles. The minimum absolute atomic E-state index is 0.206. The molecular weight excluding hydrogens is 344 g/mol. The minimum atomic E-state index is 0.206. The van der Waals surface area contributed by atoms with Crippen molar-refractivity contribution in [1.82, 2.24) is 14.9 Å². The summed E-state index contributed by atoms with van der Waals surface area (Å²) in [4.78, 5) is 11.7. The van der Waals surface area contributed by atoms with Gasteiger partial charge in [0.1, 0.15) is 16.6 Å². The van der Waals surface area contributed by atoms with Crippen LogP contribution < -0.4 is 0 Å². The molecule has 0 radical (unpaired) electrons. The molecule has 6 heteroatoms. The first-order chi connectivity index (χ1) is 12.6. The first-order valence-corrected chi connectivity index (χ1v) is 9.13. The van der Waals surface area contributed by atoms with Crippen molar-refractivity contribution < 1.29 is 5.11 Å². The third-order valence-electron chi connectivity index (χ3n) is 4.36. The van der Waals surface area contributed by atoms with Crippen LogP contribution >= 0.6 is 11.3 Å². The van der Waals surface area contributed by atoms with E-state index >= 15 is 0 Å². The summed E-state index contributed by atoms with van der Waals surface area (Å²) in [6, 6.07) is 13.8. The fourth-order valence-corrected chi connectivity index (χ4v) is 4.07. The highest BCUT2D eigenvalue weighted by atomic mass is 32.1. The summed E-state index contributed by atoms with van der Waals surface area (Å²) in [6.07, 6.45) is 3.47. The largest absolute Gasteiger partial charge is 0.510 e. The van der Waals surface area contributed by atoms with Crippen LogP contribution in [-0.2, 0) is 6.54 Å². The van der Waals surface area contributed by atoms with Gasteiger partial charge < -0.3 is 10.0 Å². The van der Waals surface area contributed by atoms with Crippen molar-refractivity contribution in [2.75, 3.05) is 6.54 Å². The van der Waals surface area contributed by atoms with E-state index in [4.69, 9.17) is 10.4 Å². The van der Waals surface area contributed by atoms with E-state index in [1.165, 1.54) is 11.3 Å². The average Bonchev–Trinajstić information content (AvgIpc) is 3.16. The predicted octanol–water partition coefficient (Wildman–Crippen LogP) is 4.28. The van der Waals surface area contributed by atoms with Gasteiger partial charge in [0.15, 0.2) is 0 Å². The van der Waals surface area contributed by atoms with Crippen LogP contribution in [-0.4, -0.2) is 32.4 Å². The number of nitrogens with zero attached hydrogens (tertiary/aromatic N) is 3. The van der Waals surface area contributed by atoms with Crippen LogP contribution in [0.1, 0.15) is 15.4 Å². The van der Waals surface area contributed by atoms with Gasteiger partial charge in [0.25, 0.3) is 0 Å². The highest BCUT2D eigenvalue weighted by Gasteiger charge is 2.30. The van der Waals surface area contributed by atoms with Crippen LogP contribution in [0.2, 0.25) is 0 Å². The van der Waals surface area contributed by atoms with Gasteiger partial charge in [0.2, 0.25) is 0 Å². The summed E-state index contributed by atoms with van der Waals surface area (Å²) in [5.41, 5.74) is 3.55. The van der Waals surface area contributed by atoms with Gasteiger partial charge >= 0.3 is 0 Å². The van der Waals surface area contributed by atoms with E-state index in [0.29, 0.717) is 29.5 Å². The topological polar surface area (TPSA) is 73.1 Å². The molecule has 0 fully saturated rings. The summed E-state index contributed by atoms with van der Waals surface area (Å²) in [6.45, 7) is 2.91. The molecule has 0 saturated carbocycles. The number of aliphatic hydroxyl groups excluding tert-OH is 1. The molecule has 0 unspecified atom stereocenters. The smallest absolute Gasteiger partial charge is 0.135 e. The number of amidine groups is 1. The number of rotatable bonds is 4. The number of pyridine rings is 1. The van der Waals surface area contributed by atoms with Gasteiger partial charge in [-0.2, -0.15) is 0 Å². The zero-order chi connectivity index (χ0) is 18.1. The number of aromatic nitrogens is 2. The molecule has 26 heavy (non-hydrogen) atoms. The van der Waals surface area contributed by atoms with Crippen LogP contribution in [0.15, 0.2) is 60.6 Å². The second-order valence-electron chi connectivity index (χ2n) is 6.17. The third-order valence-corrected chi connectivity index (χ3v) is 5.35. The Morgan fingerprint density at radius 3 is 2.62 bits per heavy atom. The van der Waals surface area contributed by atoms with Crippen molar-refractivity contribution in [2.45, 2.75) is 13.5 Å². The molecular formula is C20H18N4OS. The first kappa shape index (κ1) is 16.5. The Hall–Kier alpha value is -2.99. The van der Waals surface area contributed by atoms with Crippen molar-refractivity contribution in [3.63, 3.8) is 0 Å². The van der Waals surface area contributed by atoms with Gasteiger partial charge in [-0.1, -0.05) is 30.3 Å². The highest BCUT2D eigenvalue weighted by molar-refractivity contribution is 7.13. The Bertz CT molecular complexity index is 980. The number of thiazole rings is 1. The highest BCUT2D eigenvalue weighted by Crippen LogP contribution is 2.35. The van der Waals surface area contributed by atoms with Gasteiger partial charge in [-0.05, 0) is 24.6 Å². The van der Waals surface area contributed by atoms with Crippen molar-refractivity contribution in [2.24, 2.45) is 0 Å². The molecule has 0 amide bonds.